The average Bonchev–Trinajstić information content (AvgIpc) is 2.37. The topological polar surface area (TPSA) is 87.4 Å². The number of ether oxygens (including phenoxy) is 1. The Hall–Kier alpha value is -2.61. The molecular weight excluding hydrogens is 234 g/mol. The van der Waals surface area contributed by atoms with Gasteiger partial charge in [0.15, 0.2) is 0 Å². The Balaban J connectivity index is 2.87. The van der Waals surface area contributed by atoms with Gasteiger partial charge < -0.3 is 9.84 Å². The van der Waals surface area contributed by atoms with Gasteiger partial charge in [-0.3, -0.25) is 4.79 Å². The van der Waals surface area contributed by atoms with E-state index >= 15 is 0 Å². The number of nitrogens with zero attached hydrogens (tertiary/aromatic N) is 1. The number of rotatable bonds is 4. The smallest absolute Gasteiger partial charge is 0.346 e. The maximum Gasteiger partial charge on any atom is 0.346 e. The first kappa shape index (κ1) is 13.5. The van der Waals surface area contributed by atoms with E-state index in [4.69, 9.17) is 15.1 Å². The molecule has 0 aliphatic heterocycles. The Morgan fingerprint density at radius 1 is 1.39 bits per heavy atom. The number of aliphatic carboxylic acids is 1. The van der Waals surface area contributed by atoms with Crippen LogP contribution in [0.1, 0.15) is 18.9 Å². The van der Waals surface area contributed by atoms with E-state index in [0.717, 1.165) is 0 Å². The zero-order valence-electron chi connectivity index (χ0n) is 9.71. The van der Waals surface area contributed by atoms with Crippen molar-refractivity contribution < 1.29 is 19.4 Å². The van der Waals surface area contributed by atoms with Gasteiger partial charge >= 0.3 is 11.9 Å². The number of carboxylic acid groups (broad SMARTS) is 1. The molecule has 0 saturated carbocycles. The minimum absolute atomic E-state index is 0.277. The number of hydrogen-bond acceptors (Lipinski definition) is 4. The fourth-order valence-corrected chi connectivity index (χ4v) is 1.14. The highest BCUT2D eigenvalue weighted by molar-refractivity contribution is 5.96. The van der Waals surface area contributed by atoms with E-state index in [0.29, 0.717) is 11.3 Å². The molecule has 0 spiro atoms. The van der Waals surface area contributed by atoms with Crippen LogP contribution in [0.3, 0.4) is 0 Å². The molecule has 0 bridgehead atoms. The average molecular weight is 245 g/mol. The second kappa shape index (κ2) is 6.21. The molecule has 0 unspecified atom stereocenters. The maximum atomic E-state index is 11.0. The number of esters is 1. The lowest BCUT2D eigenvalue weighted by Crippen LogP contribution is -2.05. The predicted molar refractivity (Wildman–Crippen MR) is 63.6 cm³/mol. The predicted octanol–water partition coefficient (Wildman–Crippen LogP) is 1.99. The van der Waals surface area contributed by atoms with Crippen LogP contribution in [0, 0.1) is 11.3 Å². The van der Waals surface area contributed by atoms with E-state index in [1.807, 2.05) is 0 Å². The summed E-state index contributed by atoms with van der Waals surface area (Å²) in [6.07, 6.45) is 1.52. The number of nitriles is 1. The van der Waals surface area contributed by atoms with Gasteiger partial charge in [-0.1, -0.05) is 19.1 Å². The third-order valence-electron chi connectivity index (χ3n) is 2.06. The van der Waals surface area contributed by atoms with Crippen LogP contribution >= 0.6 is 0 Å². The summed E-state index contributed by atoms with van der Waals surface area (Å²) in [5, 5.41) is 17.3. The lowest BCUT2D eigenvalue weighted by Gasteiger charge is -2.02. The second-order valence-electron chi connectivity index (χ2n) is 3.37. The Bertz CT molecular complexity index is 523. The van der Waals surface area contributed by atoms with Gasteiger partial charge in [-0.05, 0) is 23.8 Å². The number of carbonyl (C=O) groups excluding carboxylic acids is 1. The molecule has 0 heterocycles. The van der Waals surface area contributed by atoms with Crippen LogP contribution < -0.4 is 4.74 Å². The van der Waals surface area contributed by atoms with Crippen LogP contribution in [0.5, 0.6) is 5.75 Å². The molecule has 1 N–H and O–H groups in total. The molecule has 18 heavy (non-hydrogen) atoms. The van der Waals surface area contributed by atoms with Crippen LogP contribution in [-0.2, 0) is 9.59 Å². The number of carboxylic acids is 1. The van der Waals surface area contributed by atoms with Gasteiger partial charge in [-0.2, -0.15) is 5.26 Å². The molecule has 0 atom stereocenters. The molecule has 0 amide bonds. The molecular formula is C13H11NO4. The normalized spacial score (nSPS) is 10.6. The number of hydrogen-bond donors (Lipinski definition) is 1. The fourth-order valence-electron chi connectivity index (χ4n) is 1.14. The van der Waals surface area contributed by atoms with Crippen LogP contribution in [0.15, 0.2) is 29.8 Å². The highest BCUT2D eigenvalue weighted by atomic mass is 16.5. The third kappa shape index (κ3) is 3.76. The molecule has 0 aromatic heterocycles. The Morgan fingerprint density at radius 2 is 2.00 bits per heavy atom. The molecule has 5 nitrogen and oxygen atoms in total. The van der Waals surface area contributed by atoms with Crippen molar-refractivity contribution in [1.82, 2.24) is 0 Å². The van der Waals surface area contributed by atoms with E-state index in [2.05, 4.69) is 0 Å². The molecule has 0 aliphatic rings. The largest absolute Gasteiger partial charge is 0.477 e. The maximum absolute atomic E-state index is 11.0. The van der Waals surface area contributed by atoms with Crippen molar-refractivity contribution >= 4 is 18.0 Å². The van der Waals surface area contributed by atoms with Gasteiger partial charge in [0.25, 0.3) is 0 Å². The van der Waals surface area contributed by atoms with Gasteiger partial charge in [0, 0.05) is 6.42 Å². The van der Waals surface area contributed by atoms with E-state index in [9.17, 15) is 9.59 Å². The first-order valence-electron chi connectivity index (χ1n) is 5.22. The first-order valence-corrected chi connectivity index (χ1v) is 5.22. The van der Waals surface area contributed by atoms with Crippen molar-refractivity contribution in [3.05, 3.63) is 35.4 Å². The van der Waals surface area contributed by atoms with Crippen LogP contribution in [0.25, 0.3) is 6.08 Å². The Morgan fingerprint density at radius 3 is 2.44 bits per heavy atom. The van der Waals surface area contributed by atoms with Crippen LogP contribution in [0.4, 0.5) is 0 Å². The van der Waals surface area contributed by atoms with E-state index in [1.54, 1.807) is 25.1 Å². The SMILES string of the molecule is CCC(=O)Oc1ccc(C=C(C#N)C(=O)O)cc1. The molecule has 1 rings (SSSR count). The molecule has 1 aromatic carbocycles. The number of benzene rings is 1. The minimum atomic E-state index is -1.28. The fraction of sp³-hybridized carbons (Fsp3) is 0.154. The lowest BCUT2D eigenvalue weighted by atomic mass is 10.1. The molecule has 0 aliphatic carbocycles. The van der Waals surface area contributed by atoms with Crippen LogP contribution in [0.2, 0.25) is 0 Å². The zero-order valence-corrected chi connectivity index (χ0v) is 9.71. The lowest BCUT2D eigenvalue weighted by molar-refractivity contribution is -0.134. The quantitative estimate of drug-likeness (QED) is 0.379. The molecule has 5 heteroatoms. The third-order valence-corrected chi connectivity index (χ3v) is 2.06. The van der Waals surface area contributed by atoms with Crippen molar-refractivity contribution in [2.75, 3.05) is 0 Å². The highest BCUT2D eigenvalue weighted by Crippen LogP contribution is 2.15. The van der Waals surface area contributed by atoms with Crippen molar-refractivity contribution in [3.63, 3.8) is 0 Å². The summed E-state index contributed by atoms with van der Waals surface area (Å²) >= 11 is 0. The first-order chi connectivity index (χ1) is 8.56. The summed E-state index contributed by atoms with van der Waals surface area (Å²) in [6, 6.07) is 7.79. The Kier molecular flexibility index (Phi) is 4.64. The molecule has 0 fully saturated rings. The molecule has 1 aromatic rings. The molecule has 92 valence electrons. The zero-order chi connectivity index (χ0) is 13.5. The standard InChI is InChI=1S/C13H11NO4/c1-2-12(15)18-11-5-3-9(4-6-11)7-10(8-14)13(16)17/h3-7H,2H2,1H3,(H,16,17). The highest BCUT2D eigenvalue weighted by Gasteiger charge is 2.06. The van der Waals surface area contributed by atoms with Crippen molar-refractivity contribution in [2.24, 2.45) is 0 Å². The number of carbonyl (C=O) groups is 2. The molecule has 0 radical (unpaired) electrons. The summed E-state index contributed by atoms with van der Waals surface area (Å²) in [5.41, 5.74) is 0.193. The summed E-state index contributed by atoms with van der Waals surface area (Å²) in [4.78, 5) is 21.7. The van der Waals surface area contributed by atoms with Crippen molar-refractivity contribution in [2.45, 2.75) is 13.3 Å². The van der Waals surface area contributed by atoms with E-state index in [1.165, 1.54) is 18.2 Å². The van der Waals surface area contributed by atoms with Gasteiger partial charge in [-0.15, -0.1) is 0 Å². The van der Waals surface area contributed by atoms with Crippen molar-refractivity contribution in [3.8, 4) is 11.8 Å². The second-order valence-corrected chi connectivity index (χ2v) is 3.37. The van der Waals surface area contributed by atoms with Gasteiger partial charge in [0.2, 0.25) is 0 Å². The molecule has 0 saturated heterocycles. The Labute approximate surface area is 104 Å². The van der Waals surface area contributed by atoms with Gasteiger partial charge in [0.05, 0.1) is 0 Å². The van der Waals surface area contributed by atoms with E-state index in [-0.39, 0.29) is 18.0 Å². The van der Waals surface area contributed by atoms with Gasteiger partial charge in [0.1, 0.15) is 17.4 Å². The van der Waals surface area contributed by atoms with E-state index < -0.39 is 5.97 Å². The van der Waals surface area contributed by atoms with Crippen molar-refractivity contribution in [1.29, 1.82) is 5.26 Å². The summed E-state index contributed by atoms with van der Waals surface area (Å²) in [5.74, 6) is -1.24. The van der Waals surface area contributed by atoms with Gasteiger partial charge in [-0.25, -0.2) is 4.79 Å². The minimum Gasteiger partial charge on any atom is -0.477 e. The summed E-state index contributed by atoms with van der Waals surface area (Å²) in [7, 11) is 0. The van der Waals surface area contributed by atoms with Crippen LogP contribution in [-0.4, -0.2) is 17.0 Å². The monoisotopic (exact) mass is 245 g/mol. The summed E-state index contributed by atoms with van der Waals surface area (Å²) in [6.45, 7) is 1.69. The summed E-state index contributed by atoms with van der Waals surface area (Å²) < 4.78 is 4.96.